The summed E-state index contributed by atoms with van der Waals surface area (Å²) in [6.07, 6.45) is 1.55. The normalized spacial score (nSPS) is 31.8. The van der Waals surface area contributed by atoms with Crippen molar-refractivity contribution in [3.8, 4) is 11.5 Å². The van der Waals surface area contributed by atoms with Gasteiger partial charge in [0.15, 0.2) is 17.1 Å². The van der Waals surface area contributed by atoms with Crippen LogP contribution in [0.1, 0.15) is 24.0 Å². The van der Waals surface area contributed by atoms with Gasteiger partial charge in [-0.1, -0.05) is 0 Å². The Morgan fingerprint density at radius 1 is 1.07 bits per heavy atom. The van der Waals surface area contributed by atoms with Crippen LogP contribution in [-0.2, 0) is 26.1 Å². The average Bonchev–Trinajstić information content (AvgIpc) is 2.70. The van der Waals surface area contributed by atoms with Gasteiger partial charge in [0.1, 0.15) is 5.76 Å². The molecule has 2 aliphatic carbocycles. The largest absolute Gasteiger partial charge is 0.497 e. The third-order valence-electron chi connectivity index (χ3n) is 6.89. The number of likely N-dealkylation sites (tertiary alicyclic amines) is 1. The number of allylic oxidation sites excluding steroid dienone is 1. The fourth-order valence-electron chi connectivity index (χ4n) is 5.45. The van der Waals surface area contributed by atoms with Crippen molar-refractivity contribution < 1.29 is 28.8 Å². The van der Waals surface area contributed by atoms with Crippen molar-refractivity contribution in [2.75, 3.05) is 42.0 Å². The lowest BCUT2D eigenvalue weighted by Crippen LogP contribution is -2.75. The number of Topliss-reactive ketones (excluding diaryl/α,β-unsaturated/α-hetero) is 1. The van der Waals surface area contributed by atoms with Crippen LogP contribution in [0.25, 0.3) is 0 Å². The first-order valence-corrected chi connectivity index (χ1v) is 9.41. The number of piperidine rings is 1. The summed E-state index contributed by atoms with van der Waals surface area (Å²) < 4.78 is 21.9. The molecule has 28 heavy (non-hydrogen) atoms. The molecule has 1 fully saturated rings. The van der Waals surface area contributed by atoms with Gasteiger partial charge in [-0.3, -0.25) is 9.69 Å². The highest BCUT2D eigenvalue weighted by molar-refractivity contribution is 6.04. The standard InChI is InChI=1S/C21H27NO6/c1-22-7-6-20-11-16(27-4)18(28-5)19(23)21(20,24)17(22)9-12-8-14(25-2)15(26-3)10-13(12)20/h8,10,17,24H,6-7,9,11H2,1-5H3. The van der Waals surface area contributed by atoms with Gasteiger partial charge < -0.3 is 24.1 Å². The SMILES string of the molecule is COC1=C(OC)C(=O)C2(O)C3Cc4cc(OC)c(OC)cc4C2(CCN3C)C1. The van der Waals surface area contributed by atoms with E-state index in [1.807, 2.05) is 19.2 Å². The Morgan fingerprint density at radius 2 is 1.75 bits per heavy atom. The Hall–Kier alpha value is -2.25. The number of rotatable bonds is 4. The lowest BCUT2D eigenvalue weighted by atomic mass is 9.50. The third kappa shape index (κ3) is 2.14. The van der Waals surface area contributed by atoms with Crippen LogP contribution in [0.4, 0.5) is 0 Å². The molecule has 4 rings (SSSR count). The number of likely N-dealkylation sites (N-methyl/N-ethyl adjacent to an activating group) is 1. The average molecular weight is 389 g/mol. The number of carbonyl (C=O) groups excluding carboxylic acids is 1. The Labute approximate surface area is 164 Å². The predicted octanol–water partition coefficient (Wildman–Crippen LogP) is 1.41. The van der Waals surface area contributed by atoms with Gasteiger partial charge in [-0.15, -0.1) is 0 Å². The molecule has 1 saturated heterocycles. The van der Waals surface area contributed by atoms with Crippen molar-refractivity contribution in [3.05, 3.63) is 34.8 Å². The fraction of sp³-hybridized carbons (Fsp3) is 0.571. The van der Waals surface area contributed by atoms with Crippen LogP contribution in [0.5, 0.6) is 11.5 Å². The summed E-state index contributed by atoms with van der Waals surface area (Å²) in [6, 6.07) is 3.52. The van der Waals surface area contributed by atoms with Crippen LogP contribution in [-0.4, -0.2) is 69.5 Å². The van der Waals surface area contributed by atoms with Gasteiger partial charge in [-0.2, -0.15) is 0 Å². The number of aliphatic hydroxyl groups is 1. The van der Waals surface area contributed by atoms with E-state index >= 15 is 0 Å². The van der Waals surface area contributed by atoms with E-state index in [0.29, 0.717) is 36.5 Å². The highest BCUT2D eigenvalue weighted by Crippen LogP contribution is 2.59. The van der Waals surface area contributed by atoms with Gasteiger partial charge in [0.2, 0.25) is 11.5 Å². The first kappa shape index (κ1) is 19.1. The molecule has 2 bridgehead atoms. The van der Waals surface area contributed by atoms with Gasteiger partial charge in [-0.05, 0) is 49.7 Å². The van der Waals surface area contributed by atoms with Crippen molar-refractivity contribution in [2.45, 2.75) is 36.3 Å². The van der Waals surface area contributed by atoms with E-state index in [0.717, 1.165) is 17.7 Å². The molecule has 3 unspecified atom stereocenters. The summed E-state index contributed by atoms with van der Waals surface area (Å²) in [6.45, 7) is 0.771. The number of nitrogens with zero attached hydrogens (tertiary/aromatic N) is 1. The molecule has 1 N–H and O–H groups in total. The number of hydrogen-bond acceptors (Lipinski definition) is 7. The van der Waals surface area contributed by atoms with E-state index in [1.54, 1.807) is 14.2 Å². The molecule has 1 heterocycles. The maximum absolute atomic E-state index is 13.5. The number of benzene rings is 1. The molecule has 3 atom stereocenters. The summed E-state index contributed by atoms with van der Waals surface area (Å²) in [4.78, 5) is 15.6. The zero-order valence-electron chi connectivity index (χ0n) is 17.0. The third-order valence-corrected chi connectivity index (χ3v) is 6.89. The topological polar surface area (TPSA) is 77.5 Å². The summed E-state index contributed by atoms with van der Waals surface area (Å²) >= 11 is 0. The van der Waals surface area contributed by atoms with E-state index in [9.17, 15) is 9.90 Å². The number of ether oxygens (including phenoxy) is 4. The van der Waals surface area contributed by atoms with E-state index < -0.39 is 16.8 Å². The van der Waals surface area contributed by atoms with Crippen LogP contribution < -0.4 is 9.47 Å². The number of hydrogen-bond donors (Lipinski definition) is 1. The molecular formula is C21H27NO6. The lowest BCUT2D eigenvalue weighted by molar-refractivity contribution is -0.175. The van der Waals surface area contributed by atoms with Gasteiger partial charge in [-0.25, -0.2) is 0 Å². The molecule has 0 amide bonds. The molecule has 7 nitrogen and oxygen atoms in total. The second kappa shape index (κ2) is 6.39. The Bertz CT molecular complexity index is 865. The predicted molar refractivity (Wildman–Crippen MR) is 102 cm³/mol. The molecule has 0 spiro atoms. The van der Waals surface area contributed by atoms with Crippen LogP contribution >= 0.6 is 0 Å². The van der Waals surface area contributed by atoms with E-state index in [-0.39, 0.29) is 11.8 Å². The Kier molecular flexibility index (Phi) is 4.35. The molecular weight excluding hydrogens is 362 g/mol. The van der Waals surface area contributed by atoms with Crippen LogP contribution in [0.3, 0.4) is 0 Å². The minimum Gasteiger partial charge on any atom is -0.497 e. The maximum atomic E-state index is 13.5. The molecule has 1 aromatic carbocycles. The second-order valence-electron chi connectivity index (χ2n) is 7.83. The zero-order valence-corrected chi connectivity index (χ0v) is 17.0. The number of carbonyl (C=O) groups is 1. The first-order valence-electron chi connectivity index (χ1n) is 9.41. The monoisotopic (exact) mass is 389 g/mol. The van der Waals surface area contributed by atoms with E-state index in [1.165, 1.54) is 14.2 Å². The van der Waals surface area contributed by atoms with Crippen LogP contribution in [0.15, 0.2) is 23.7 Å². The van der Waals surface area contributed by atoms with Crippen molar-refractivity contribution >= 4 is 5.78 Å². The number of methoxy groups -OCH3 is 4. The molecule has 0 aromatic heterocycles. The molecule has 152 valence electrons. The Morgan fingerprint density at radius 3 is 2.36 bits per heavy atom. The quantitative estimate of drug-likeness (QED) is 0.834. The highest BCUT2D eigenvalue weighted by Gasteiger charge is 2.69. The van der Waals surface area contributed by atoms with Gasteiger partial charge in [0.05, 0.1) is 34.5 Å². The maximum Gasteiger partial charge on any atom is 0.234 e. The van der Waals surface area contributed by atoms with Crippen molar-refractivity contribution in [1.29, 1.82) is 0 Å². The van der Waals surface area contributed by atoms with Gasteiger partial charge in [0, 0.05) is 11.8 Å². The van der Waals surface area contributed by atoms with E-state index in [2.05, 4.69) is 4.90 Å². The van der Waals surface area contributed by atoms with Gasteiger partial charge in [0.25, 0.3) is 0 Å². The van der Waals surface area contributed by atoms with Crippen molar-refractivity contribution in [2.24, 2.45) is 0 Å². The molecule has 1 aliphatic heterocycles. The highest BCUT2D eigenvalue weighted by atomic mass is 16.5. The summed E-state index contributed by atoms with van der Waals surface area (Å²) in [5, 5.41) is 12.0. The minimum absolute atomic E-state index is 0.116. The lowest BCUT2D eigenvalue weighted by Gasteiger charge is -2.61. The van der Waals surface area contributed by atoms with Crippen LogP contribution in [0, 0.1) is 0 Å². The van der Waals surface area contributed by atoms with Crippen LogP contribution in [0.2, 0.25) is 0 Å². The van der Waals surface area contributed by atoms with Crippen molar-refractivity contribution in [3.63, 3.8) is 0 Å². The molecule has 7 heteroatoms. The molecule has 0 saturated carbocycles. The molecule has 3 aliphatic rings. The number of fused-ring (bicyclic) bond motifs is 1. The minimum atomic E-state index is -1.60. The molecule has 1 aromatic rings. The first-order chi connectivity index (χ1) is 13.4. The molecule has 0 radical (unpaired) electrons. The number of ketones is 1. The van der Waals surface area contributed by atoms with Gasteiger partial charge >= 0.3 is 0 Å². The summed E-state index contributed by atoms with van der Waals surface area (Å²) in [7, 11) is 8.12. The fourth-order valence-corrected chi connectivity index (χ4v) is 5.45. The smallest absolute Gasteiger partial charge is 0.234 e. The Balaban J connectivity index is 2.03. The zero-order chi connectivity index (χ0) is 20.3. The summed E-state index contributed by atoms with van der Waals surface area (Å²) in [5.41, 5.74) is -0.417. The second-order valence-corrected chi connectivity index (χ2v) is 7.83. The van der Waals surface area contributed by atoms with Crippen molar-refractivity contribution in [1.82, 2.24) is 4.90 Å². The van der Waals surface area contributed by atoms with E-state index in [4.69, 9.17) is 18.9 Å². The summed E-state index contributed by atoms with van der Waals surface area (Å²) in [5.74, 6) is 1.41.